The van der Waals surface area contributed by atoms with Crippen LogP contribution in [0.25, 0.3) is 0 Å². The molecule has 6 nitrogen and oxygen atoms in total. The topological polar surface area (TPSA) is 76.1 Å². The van der Waals surface area contributed by atoms with E-state index in [4.69, 9.17) is 9.47 Å². The first-order valence-electron chi connectivity index (χ1n) is 8.08. The van der Waals surface area contributed by atoms with E-state index in [-0.39, 0.29) is 30.6 Å². The summed E-state index contributed by atoms with van der Waals surface area (Å²) in [6, 6.07) is -0.151. The molecule has 1 unspecified atom stereocenters. The van der Waals surface area contributed by atoms with Gasteiger partial charge in [0.1, 0.15) is 12.3 Å². The number of nitrogens with zero attached hydrogens (tertiary/aromatic N) is 1. The third-order valence-electron chi connectivity index (χ3n) is 5.17. The van der Waals surface area contributed by atoms with Gasteiger partial charge >= 0.3 is 5.97 Å². The second-order valence-electron chi connectivity index (χ2n) is 6.42. The van der Waals surface area contributed by atoms with Crippen molar-refractivity contribution in [2.45, 2.75) is 44.4 Å². The fourth-order valence-corrected chi connectivity index (χ4v) is 4.27. The molecule has 1 amide bonds. The Morgan fingerprint density at radius 3 is 2.87 bits per heavy atom. The molecule has 2 aliphatic heterocycles. The lowest BCUT2D eigenvalue weighted by atomic mass is 9.72. The van der Waals surface area contributed by atoms with Gasteiger partial charge in [0.05, 0.1) is 24.2 Å². The van der Waals surface area contributed by atoms with Crippen LogP contribution in [-0.4, -0.2) is 53.8 Å². The predicted octanol–water partition coefficient (Wildman–Crippen LogP) is 1.01. The van der Waals surface area contributed by atoms with Crippen LogP contribution >= 0.6 is 0 Å². The predicted molar refractivity (Wildman–Crippen MR) is 82.1 cm³/mol. The second-order valence-corrected chi connectivity index (χ2v) is 6.42. The molecular weight excluding hydrogens is 298 g/mol. The Morgan fingerprint density at radius 1 is 1.52 bits per heavy atom. The van der Waals surface area contributed by atoms with Crippen LogP contribution in [0.5, 0.6) is 0 Å². The molecular formula is C17H23NO5. The van der Waals surface area contributed by atoms with Crippen molar-refractivity contribution in [3.8, 4) is 0 Å². The summed E-state index contributed by atoms with van der Waals surface area (Å²) in [5.74, 6) is -1.09. The molecule has 3 aliphatic rings. The van der Waals surface area contributed by atoms with Crippen LogP contribution in [0.15, 0.2) is 23.9 Å². The first kappa shape index (κ1) is 16.2. The molecule has 3 rings (SSSR count). The first-order valence-corrected chi connectivity index (χ1v) is 8.08. The van der Waals surface area contributed by atoms with Crippen LogP contribution in [0, 0.1) is 11.8 Å². The number of rotatable bonds is 5. The molecule has 1 saturated carbocycles. The lowest BCUT2D eigenvalue weighted by Gasteiger charge is -2.47. The minimum Gasteiger partial charge on any atom is -0.457 e. The van der Waals surface area contributed by atoms with E-state index < -0.39 is 18.0 Å². The van der Waals surface area contributed by atoms with Crippen molar-refractivity contribution in [3.63, 3.8) is 0 Å². The van der Waals surface area contributed by atoms with Crippen LogP contribution in [0.1, 0.15) is 26.2 Å². The summed E-state index contributed by atoms with van der Waals surface area (Å²) in [7, 11) is 1.62. The molecule has 2 fully saturated rings. The van der Waals surface area contributed by atoms with Gasteiger partial charge in [0.2, 0.25) is 5.91 Å². The van der Waals surface area contributed by atoms with E-state index in [0.717, 1.165) is 24.8 Å². The zero-order chi connectivity index (χ0) is 16.7. The number of hydrogen-bond donors (Lipinski definition) is 1. The van der Waals surface area contributed by atoms with E-state index >= 15 is 0 Å². The molecule has 0 radical (unpaired) electrons. The largest absolute Gasteiger partial charge is 0.457 e. The number of fused-ring (bicyclic) bond motifs is 3. The molecule has 23 heavy (non-hydrogen) atoms. The quantitative estimate of drug-likeness (QED) is 0.464. The van der Waals surface area contributed by atoms with Gasteiger partial charge in [0, 0.05) is 13.0 Å². The van der Waals surface area contributed by atoms with E-state index in [1.807, 2.05) is 0 Å². The van der Waals surface area contributed by atoms with Crippen molar-refractivity contribution < 1.29 is 24.2 Å². The Balaban J connectivity index is 1.99. The lowest BCUT2D eigenvalue weighted by molar-refractivity contribution is -0.164. The molecule has 1 saturated heterocycles. The third kappa shape index (κ3) is 2.32. The normalized spacial score (nSPS) is 33.7. The van der Waals surface area contributed by atoms with Gasteiger partial charge in [-0.05, 0) is 31.8 Å². The molecule has 2 heterocycles. The Bertz CT molecular complexity index is 567. The number of aliphatic hydroxyl groups excluding tert-OH is 1. The average molecular weight is 321 g/mol. The maximum absolute atomic E-state index is 12.5. The summed E-state index contributed by atoms with van der Waals surface area (Å²) in [5, 5.41) is 9.94. The molecule has 0 aromatic rings. The van der Waals surface area contributed by atoms with E-state index in [9.17, 15) is 14.7 Å². The number of amides is 1. The van der Waals surface area contributed by atoms with Gasteiger partial charge in [0.25, 0.3) is 0 Å². The Kier molecular flexibility index (Phi) is 4.29. The number of aliphatic hydroxyl groups is 1. The van der Waals surface area contributed by atoms with Crippen molar-refractivity contribution in [3.05, 3.63) is 23.9 Å². The third-order valence-corrected chi connectivity index (χ3v) is 5.17. The Labute approximate surface area is 135 Å². The van der Waals surface area contributed by atoms with Crippen LogP contribution in [0.4, 0.5) is 0 Å². The zero-order valence-electron chi connectivity index (χ0n) is 13.5. The van der Waals surface area contributed by atoms with Gasteiger partial charge in [-0.2, -0.15) is 0 Å². The van der Waals surface area contributed by atoms with Gasteiger partial charge < -0.3 is 19.5 Å². The summed E-state index contributed by atoms with van der Waals surface area (Å²) in [6.45, 7) is 5.27. The maximum Gasteiger partial charge on any atom is 0.355 e. The first-order chi connectivity index (χ1) is 11.0. The van der Waals surface area contributed by atoms with E-state index in [1.54, 1.807) is 14.0 Å². The Morgan fingerprint density at radius 2 is 2.26 bits per heavy atom. The molecule has 5 atom stereocenters. The van der Waals surface area contributed by atoms with Crippen LogP contribution in [0.2, 0.25) is 0 Å². The van der Waals surface area contributed by atoms with Gasteiger partial charge in [-0.1, -0.05) is 12.7 Å². The molecule has 0 bridgehead atoms. The van der Waals surface area contributed by atoms with E-state index in [1.165, 1.54) is 11.0 Å². The van der Waals surface area contributed by atoms with Crippen molar-refractivity contribution in [1.82, 2.24) is 4.90 Å². The van der Waals surface area contributed by atoms with Crippen molar-refractivity contribution in [2.75, 3.05) is 13.7 Å². The van der Waals surface area contributed by atoms with Crippen LogP contribution in [0.3, 0.4) is 0 Å². The van der Waals surface area contributed by atoms with Gasteiger partial charge in [-0.3, -0.25) is 4.79 Å². The highest BCUT2D eigenvalue weighted by Gasteiger charge is 2.62. The summed E-state index contributed by atoms with van der Waals surface area (Å²) in [6.07, 6.45) is 3.30. The number of methoxy groups -OCH3 is 1. The number of ether oxygens (including phenoxy) is 2. The number of carbonyl (C=O) groups is 2. The molecule has 1 aliphatic carbocycles. The summed E-state index contributed by atoms with van der Waals surface area (Å²) in [5.41, 5.74) is 1.20. The lowest BCUT2D eigenvalue weighted by Crippen LogP contribution is -2.64. The van der Waals surface area contributed by atoms with E-state index in [0.29, 0.717) is 5.70 Å². The van der Waals surface area contributed by atoms with Gasteiger partial charge in [-0.15, -0.1) is 0 Å². The smallest absolute Gasteiger partial charge is 0.355 e. The fourth-order valence-electron chi connectivity index (χ4n) is 4.27. The fraction of sp³-hybridized carbons (Fsp3) is 0.647. The molecule has 1 N–H and O–H groups in total. The SMILES string of the molecule is C=CCOC(=O)C1=C2[C@H](OC)CCC[C@@H]2[C@@H]2[C@@H](C(C)O)C(=O)N12. The second kappa shape index (κ2) is 6.09. The number of carbonyl (C=O) groups excluding carboxylic acids is 2. The molecule has 0 spiro atoms. The average Bonchev–Trinajstić information content (AvgIpc) is 2.82. The standard InChI is InChI=1S/C17H23NO5/c1-4-8-23-17(21)15-13-10(6-5-7-11(13)22-3)14-12(9(2)19)16(20)18(14)15/h4,9-12,14,19H,1,5-8H2,2-3H3/t9?,10-,11+,12+,14+/m0/s1. The summed E-state index contributed by atoms with van der Waals surface area (Å²) >= 11 is 0. The highest BCUT2D eigenvalue weighted by Crippen LogP contribution is 2.52. The van der Waals surface area contributed by atoms with Crippen LogP contribution in [-0.2, 0) is 19.1 Å². The minimum atomic E-state index is -0.725. The molecule has 0 aromatic heterocycles. The highest BCUT2D eigenvalue weighted by molar-refractivity contribution is 6.01. The maximum atomic E-state index is 12.5. The highest BCUT2D eigenvalue weighted by atomic mass is 16.5. The summed E-state index contributed by atoms with van der Waals surface area (Å²) < 4.78 is 10.7. The van der Waals surface area contributed by atoms with Crippen molar-refractivity contribution >= 4 is 11.9 Å². The van der Waals surface area contributed by atoms with Crippen molar-refractivity contribution in [2.24, 2.45) is 11.8 Å². The number of esters is 1. The van der Waals surface area contributed by atoms with Gasteiger partial charge in [-0.25, -0.2) is 4.79 Å². The molecule has 126 valence electrons. The van der Waals surface area contributed by atoms with E-state index in [2.05, 4.69) is 6.58 Å². The molecule has 0 aromatic carbocycles. The van der Waals surface area contributed by atoms with Crippen molar-refractivity contribution in [1.29, 1.82) is 0 Å². The minimum absolute atomic E-state index is 0.0669. The molecule has 6 heteroatoms. The van der Waals surface area contributed by atoms with Gasteiger partial charge in [0.15, 0.2) is 0 Å². The number of β-lactam (4-membered cyclic amide) rings is 1. The summed E-state index contributed by atoms with van der Waals surface area (Å²) in [4.78, 5) is 26.5. The monoisotopic (exact) mass is 321 g/mol. The zero-order valence-corrected chi connectivity index (χ0v) is 13.5. The van der Waals surface area contributed by atoms with Crippen LogP contribution < -0.4 is 0 Å². The number of hydrogen-bond acceptors (Lipinski definition) is 5. The Hall–Kier alpha value is -1.66.